The summed E-state index contributed by atoms with van der Waals surface area (Å²) in [5, 5.41) is 0. The van der Waals surface area contributed by atoms with Gasteiger partial charge in [0, 0.05) is 0 Å². The summed E-state index contributed by atoms with van der Waals surface area (Å²) in [7, 11) is -3.30. The minimum Gasteiger partial charge on any atom is -0.464 e. The lowest BCUT2D eigenvalue weighted by Crippen LogP contribution is -2.14. The van der Waals surface area contributed by atoms with Crippen LogP contribution in [0.4, 0.5) is 0 Å². The summed E-state index contributed by atoms with van der Waals surface area (Å²) in [5.41, 5.74) is 1.58. The van der Waals surface area contributed by atoms with E-state index in [1.54, 1.807) is 10.9 Å². The van der Waals surface area contributed by atoms with Crippen LogP contribution in [-0.2, 0) is 15.1 Å². The number of ether oxygens (including phenoxy) is 1. The first-order valence-electron chi connectivity index (χ1n) is 6.09. The van der Waals surface area contributed by atoms with Gasteiger partial charge in [-0.2, -0.15) is 8.42 Å². The minimum atomic E-state index is -4.67. The Bertz CT molecular complexity index is 703. The van der Waals surface area contributed by atoms with Crippen molar-refractivity contribution in [2.75, 3.05) is 7.11 Å². The molecule has 120 valence electrons. The highest BCUT2D eigenvalue weighted by molar-refractivity contribution is 7.79. The number of imidazole rings is 1. The third-order valence-electron chi connectivity index (χ3n) is 2.76. The van der Waals surface area contributed by atoms with E-state index in [4.69, 9.17) is 22.3 Å². The van der Waals surface area contributed by atoms with Crippen LogP contribution in [0.2, 0.25) is 0 Å². The van der Waals surface area contributed by atoms with E-state index in [-0.39, 0.29) is 12.0 Å². The molecule has 0 radical (unpaired) electrons. The Hall–Kier alpha value is -2.23. The zero-order valence-electron chi connectivity index (χ0n) is 11.9. The molecule has 0 aliphatic rings. The van der Waals surface area contributed by atoms with Crippen molar-refractivity contribution in [2.45, 2.75) is 13.0 Å². The number of carbonyl (C=O) groups excluding carboxylic acids is 1. The third kappa shape index (κ3) is 5.64. The Morgan fingerprint density at radius 1 is 1.27 bits per heavy atom. The molecule has 0 bridgehead atoms. The van der Waals surface area contributed by atoms with Crippen LogP contribution < -0.4 is 0 Å². The first kappa shape index (κ1) is 17.8. The molecule has 2 aromatic rings. The standard InChI is InChI=1S/C13H14N2O2.H2O4S/c1-10(11-6-4-3-5-7-11)15-9-14-8-12(15)13(16)17-2;1-5(2,3)4/h3-10H,1-2H3;(H2,1,2,3,4). The molecule has 1 aromatic carbocycles. The fourth-order valence-electron chi connectivity index (χ4n) is 1.77. The summed E-state index contributed by atoms with van der Waals surface area (Å²) < 4.78 is 38.1. The molecule has 2 N–H and O–H groups in total. The number of esters is 1. The summed E-state index contributed by atoms with van der Waals surface area (Å²) in [6.45, 7) is 2.02. The highest BCUT2D eigenvalue weighted by atomic mass is 32.3. The van der Waals surface area contributed by atoms with Crippen molar-refractivity contribution in [3.05, 3.63) is 54.1 Å². The lowest BCUT2D eigenvalue weighted by molar-refractivity contribution is 0.0587. The van der Waals surface area contributed by atoms with Crippen LogP contribution in [0, 0.1) is 0 Å². The van der Waals surface area contributed by atoms with Crippen molar-refractivity contribution >= 4 is 16.4 Å². The molecule has 1 atom stereocenters. The number of rotatable bonds is 3. The van der Waals surface area contributed by atoms with E-state index in [1.165, 1.54) is 13.3 Å². The first-order chi connectivity index (χ1) is 10.2. The summed E-state index contributed by atoms with van der Waals surface area (Å²) >= 11 is 0. The molecule has 1 aromatic heterocycles. The molecular weight excluding hydrogens is 312 g/mol. The van der Waals surface area contributed by atoms with Crippen molar-refractivity contribution in [1.82, 2.24) is 9.55 Å². The molecule has 1 heterocycles. The van der Waals surface area contributed by atoms with E-state index < -0.39 is 10.4 Å². The molecule has 0 aliphatic carbocycles. The fourth-order valence-corrected chi connectivity index (χ4v) is 1.77. The van der Waals surface area contributed by atoms with Gasteiger partial charge in [-0.1, -0.05) is 30.3 Å². The van der Waals surface area contributed by atoms with Crippen molar-refractivity contribution in [2.24, 2.45) is 0 Å². The topological polar surface area (TPSA) is 119 Å². The van der Waals surface area contributed by atoms with Crippen molar-refractivity contribution in [1.29, 1.82) is 0 Å². The molecule has 22 heavy (non-hydrogen) atoms. The second-order valence-electron chi connectivity index (χ2n) is 4.21. The number of hydrogen-bond acceptors (Lipinski definition) is 5. The van der Waals surface area contributed by atoms with E-state index >= 15 is 0 Å². The number of methoxy groups -OCH3 is 1. The Morgan fingerprint density at radius 3 is 2.32 bits per heavy atom. The van der Waals surface area contributed by atoms with Gasteiger partial charge in [-0.25, -0.2) is 9.78 Å². The SMILES string of the molecule is COC(=O)c1cncn1C(C)c1ccccc1.O=S(=O)(O)O. The number of hydrogen-bond donors (Lipinski definition) is 2. The Kier molecular flexibility index (Phi) is 6.23. The van der Waals surface area contributed by atoms with Crippen LogP contribution in [0.15, 0.2) is 42.9 Å². The molecule has 8 nitrogen and oxygen atoms in total. The zero-order chi connectivity index (χ0) is 16.8. The molecule has 9 heteroatoms. The van der Waals surface area contributed by atoms with E-state index in [2.05, 4.69) is 4.98 Å². The lowest BCUT2D eigenvalue weighted by Gasteiger charge is -2.15. The monoisotopic (exact) mass is 328 g/mol. The average molecular weight is 328 g/mol. The van der Waals surface area contributed by atoms with Gasteiger partial charge in [0.2, 0.25) is 0 Å². The van der Waals surface area contributed by atoms with Crippen LogP contribution >= 0.6 is 0 Å². The van der Waals surface area contributed by atoms with Gasteiger partial charge in [0.15, 0.2) is 0 Å². The maximum Gasteiger partial charge on any atom is 0.394 e. The van der Waals surface area contributed by atoms with Gasteiger partial charge in [-0.15, -0.1) is 0 Å². The largest absolute Gasteiger partial charge is 0.464 e. The van der Waals surface area contributed by atoms with Crippen LogP contribution in [0.1, 0.15) is 29.0 Å². The lowest BCUT2D eigenvalue weighted by atomic mass is 10.1. The van der Waals surface area contributed by atoms with Crippen LogP contribution in [0.25, 0.3) is 0 Å². The van der Waals surface area contributed by atoms with Gasteiger partial charge < -0.3 is 9.30 Å². The summed E-state index contributed by atoms with van der Waals surface area (Å²) in [6.07, 6.45) is 3.16. The van der Waals surface area contributed by atoms with Crippen molar-refractivity contribution in [3.8, 4) is 0 Å². The molecular formula is C13H16N2O6S. The molecule has 0 amide bonds. The maximum atomic E-state index is 11.5. The fraction of sp³-hybridized carbons (Fsp3) is 0.231. The molecule has 2 rings (SSSR count). The second-order valence-corrected chi connectivity index (χ2v) is 5.11. The molecule has 0 spiro atoms. The van der Waals surface area contributed by atoms with Gasteiger partial charge in [0.1, 0.15) is 5.69 Å². The number of carbonyl (C=O) groups is 1. The normalized spacial score (nSPS) is 12.0. The van der Waals surface area contributed by atoms with Crippen molar-refractivity contribution < 1.29 is 27.1 Å². The van der Waals surface area contributed by atoms with Crippen LogP contribution in [0.3, 0.4) is 0 Å². The summed E-state index contributed by atoms with van der Waals surface area (Å²) in [6, 6.07) is 10.00. The molecule has 0 saturated heterocycles. The number of benzene rings is 1. The maximum absolute atomic E-state index is 11.5. The Balaban J connectivity index is 0.000000422. The zero-order valence-corrected chi connectivity index (χ0v) is 12.8. The predicted octanol–water partition coefficient (Wildman–Crippen LogP) is 1.63. The van der Waals surface area contributed by atoms with Gasteiger partial charge in [0.05, 0.1) is 25.7 Å². The van der Waals surface area contributed by atoms with E-state index in [1.807, 2.05) is 37.3 Å². The number of aromatic nitrogens is 2. The predicted molar refractivity (Wildman–Crippen MR) is 78.0 cm³/mol. The number of nitrogens with zero attached hydrogens (tertiary/aromatic N) is 2. The van der Waals surface area contributed by atoms with Gasteiger partial charge in [-0.05, 0) is 12.5 Å². The molecule has 0 saturated carbocycles. The summed E-state index contributed by atoms with van der Waals surface area (Å²) in [5.74, 6) is -0.370. The van der Waals surface area contributed by atoms with Crippen LogP contribution in [-0.4, -0.2) is 40.2 Å². The van der Waals surface area contributed by atoms with E-state index in [0.717, 1.165) is 5.56 Å². The minimum absolute atomic E-state index is 0.0489. The average Bonchev–Trinajstić information content (AvgIpc) is 2.94. The smallest absolute Gasteiger partial charge is 0.394 e. The summed E-state index contributed by atoms with van der Waals surface area (Å²) in [4.78, 5) is 15.5. The van der Waals surface area contributed by atoms with Gasteiger partial charge in [-0.3, -0.25) is 9.11 Å². The Labute approximate surface area is 127 Å². The highest BCUT2D eigenvalue weighted by Crippen LogP contribution is 2.19. The highest BCUT2D eigenvalue weighted by Gasteiger charge is 2.16. The second kappa shape index (κ2) is 7.69. The van der Waals surface area contributed by atoms with Gasteiger partial charge >= 0.3 is 16.4 Å². The Morgan fingerprint density at radius 2 is 1.82 bits per heavy atom. The van der Waals surface area contributed by atoms with Gasteiger partial charge in [0.25, 0.3) is 0 Å². The van der Waals surface area contributed by atoms with E-state index in [9.17, 15) is 4.79 Å². The van der Waals surface area contributed by atoms with E-state index in [0.29, 0.717) is 5.69 Å². The molecule has 1 unspecified atom stereocenters. The third-order valence-corrected chi connectivity index (χ3v) is 2.76. The van der Waals surface area contributed by atoms with Crippen LogP contribution in [0.5, 0.6) is 0 Å². The van der Waals surface area contributed by atoms with Crippen molar-refractivity contribution in [3.63, 3.8) is 0 Å². The first-order valence-corrected chi connectivity index (χ1v) is 7.48. The quantitative estimate of drug-likeness (QED) is 0.649. The molecule has 0 fully saturated rings. The molecule has 0 aliphatic heterocycles.